The van der Waals surface area contributed by atoms with E-state index in [0.717, 1.165) is 25.8 Å². The summed E-state index contributed by atoms with van der Waals surface area (Å²) in [6, 6.07) is 6.18. The Labute approximate surface area is 156 Å². The van der Waals surface area contributed by atoms with Gasteiger partial charge in [0.15, 0.2) is 0 Å². The van der Waals surface area contributed by atoms with Gasteiger partial charge in [-0.25, -0.2) is 8.42 Å². The second kappa shape index (κ2) is 10.0. The molecule has 1 aliphatic heterocycles. The number of nitrogens with zero attached hydrogens (tertiary/aromatic N) is 1. The van der Waals surface area contributed by atoms with Crippen LogP contribution in [0.25, 0.3) is 0 Å². The minimum Gasteiger partial charge on any atom is -0.383 e. The molecular formula is C18H29N3O4S. The summed E-state index contributed by atoms with van der Waals surface area (Å²) < 4.78 is 32.1. The van der Waals surface area contributed by atoms with Gasteiger partial charge >= 0.3 is 0 Å². The van der Waals surface area contributed by atoms with Crippen LogP contribution in [0.5, 0.6) is 0 Å². The van der Waals surface area contributed by atoms with Crippen molar-refractivity contribution in [3.8, 4) is 0 Å². The van der Waals surface area contributed by atoms with Crippen molar-refractivity contribution in [2.24, 2.45) is 0 Å². The maximum absolute atomic E-state index is 12.8. The molecule has 1 atom stereocenters. The highest BCUT2D eigenvalue weighted by atomic mass is 32.2. The van der Waals surface area contributed by atoms with Gasteiger partial charge in [-0.05, 0) is 44.0 Å². The van der Waals surface area contributed by atoms with Crippen LogP contribution in [0.4, 0.5) is 0 Å². The van der Waals surface area contributed by atoms with Crippen LogP contribution in [-0.2, 0) is 14.8 Å². The molecular weight excluding hydrogens is 354 g/mol. The summed E-state index contributed by atoms with van der Waals surface area (Å²) in [7, 11) is -1.87. The highest BCUT2D eigenvalue weighted by molar-refractivity contribution is 7.89. The molecule has 2 N–H and O–H groups in total. The van der Waals surface area contributed by atoms with Crippen molar-refractivity contribution < 1.29 is 17.9 Å². The van der Waals surface area contributed by atoms with Gasteiger partial charge in [0.05, 0.1) is 11.5 Å². The number of nitrogens with one attached hydrogen (secondary N) is 2. The maximum atomic E-state index is 12.8. The molecule has 8 heteroatoms. The van der Waals surface area contributed by atoms with Crippen LogP contribution in [0.2, 0.25) is 0 Å². The number of carbonyl (C=O) groups is 1. The number of benzene rings is 1. The van der Waals surface area contributed by atoms with Gasteiger partial charge in [-0.2, -0.15) is 4.31 Å². The quantitative estimate of drug-likeness (QED) is 0.626. The van der Waals surface area contributed by atoms with Gasteiger partial charge in [-0.1, -0.05) is 6.42 Å². The smallest absolute Gasteiger partial charge is 0.251 e. The Kier molecular flexibility index (Phi) is 8.02. The molecule has 7 nitrogen and oxygen atoms in total. The van der Waals surface area contributed by atoms with Crippen molar-refractivity contribution >= 4 is 15.9 Å². The fourth-order valence-electron chi connectivity index (χ4n) is 3.01. The van der Waals surface area contributed by atoms with E-state index in [1.807, 2.05) is 6.92 Å². The first-order valence-corrected chi connectivity index (χ1v) is 10.5. The average molecular weight is 384 g/mol. The third-order valence-corrected chi connectivity index (χ3v) is 6.56. The number of rotatable bonds is 9. The number of piperidine rings is 1. The van der Waals surface area contributed by atoms with Crippen molar-refractivity contribution in [2.45, 2.75) is 37.1 Å². The summed E-state index contributed by atoms with van der Waals surface area (Å²) in [6.07, 6.45) is 2.84. The number of amides is 1. The third-order valence-electron chi connectivity index (χ3n) is 4.54. The van der Waals surface area contributed by atoms with E-state index >= 15 is 0 Å². The summed E-state index contributed by atoms with van der Waals surface area (Å²) in [5, 5.41) is 5.94. The Morgan fingerprint density at radius 1 is 1.19 bits per heavy atom. The van der Waals surface area contributed by atoms with E-state index in [2.05, 4.69) is 10.6 Å². The molecule has 146 valence electrons. The monoisotopic (exact) mass is 383 g/mol. The Morgan fingerprint density at radius 3 is 2.58 bits per heavy atom. The standard InChI is InChI=1S/C18H29N3O4S/c1-15-5-3-4-13-21(15)26(23,24)17-8-6-16(7-9-17)18(22)20-11-10-19-12-14-25-2/h6-9,15,19H,3-5,10-14H2,1-2H3,(H,20,22). The fourth-order valence-corrected chi connectivity index (χ4v) is 4.71. The van der Waals surface area contributed by atoms with Crippen LogP contribution in [0.3, 0.4) is 0 Å². The minimum absolute atomic E-state index is 0.0160. The van der Waals surface area contributed by atoms with Gasteiger partial charge in [0.25, 0.3) is 5.91 Å². The zero-order valence-corrected chi connectivity index (χ0v) is 16.3. The summed E-state index contributed by atoms with van der Waals surface area (Å²) >= 11 is 0. The first kappa shape index (κ1) is 20.8. The van der Waals surface area contributed by atoms with E-state index in [1.54, 1.807) is 23.5 Å². The number of hydrogen-bond donors (Lipinski definition) is 2. The maximum Gasteiger partial charge on any atom is 0.251 e. The molecule has 0 bridgehead atoms. The molecule has 2 rings (SSSR count). The van der Waals surface area contributed by atoms with E-state index in [9.17, 15) is 13.2 Å². The van der Waals surface area contributed by atoms with Gasteiger partial charge in [0.2, 0.25) is 10.0 Å². The zero-order valence-electron chi connectivity index (χ0n) is 15.5. The first-order chi connectivity index (χ1) is 12.5. The molecule has 1 heterocycles. The first-order valence-electron chi connectivity index (χ1n) is 9.06. The Balaban J connectivity index is 1.91. The normalized spacial score (nSPS) is 18.6. The Bertz CT molecular complexity index is 676. The molecule has 1 amide bonds. The van der Waals surface area contributed by atoms with Gasteiger partial charge in [-0.15, -0.1) is 0 Å². The number of ether oxygens (including phenoxy) is 1. The second-order valence-corrected chi connectivity index (χ2v) is 8.37. The Morgan fingerprint density at radius 2 is 1.92 bits per heavy atom. The summed E-state index contributed by atoms with van der Waals surface area (Å²) in [5.41, 5.74) is 0.451. The minimum atomic E-state index is -3.50. The van der Waals surface area contributed by atoms with Crippen molar-refractivity contribution in [1.29, 1.82) is 0 Å². The lowest BCUT2D eigenvalue weighted by molar-refractivity contribution is 0.0953. The van der Waals surface area contributed by atoms with Crippen LogP contribution in [0.1, 0.15) is 36.5 Å². The topological polar surface area (TPSA) is 87.7 Å². The second-order valence-electron chi connectivity index (χ2n) is 6.48. The average Bonchev–Trinajstić information content (AvgIpc) is 2.64. The highest BCUT2D eigenvalue weighted by Gasteiger charge is 2.30. The Hall–Kier alpha value is -1.48. The molecule has 1 saturated heterocycles. The number of sulfonamides is 1. The van der Waals surface area contributed by atoms with E-state index in [0.29, 0.717) is 31.8 Å². The molecule has 0 radical (unpaired) electrons. The molecule has 1 fully saturated rings. The van der Waals surface area contributed by atoms with Crippen LogP contribution < -0.4 is 10.6 Å². The van der Waals surface area contributed by atoms with Crippen LogP contribution in [0, 0.1) is 0 Å². The predicted molar refractivity (Wildman–Crippen MR) is 101 cm³/mol. The molecule has 26 heavy (non-hydrogen) atoms. The van der Waals surface area contributed by atoms with E-state index in [4.69, 9.17) is 4.74 Å². The SMILES string of the molecule is COCCNCCNC(=O)c1ccc(S(=O)(=O)N2CCCCC2C)cc1. The van der Waals surface area contributed by atoms with E-state index < -0.39 is 10.0 Å². The molecule has 0 aromatic heterocycles. The summed E-state index contributed by atoms with van der Waals surface area (Å²) in [4.78, 5) is 12.4. The van der Waals surface area contributed by atoms with Crippen molar-refractivity contribution in [3.05, 3.63) is 29.8 Å². The molecule has 0 saturated carbocycles. The van der Waals surface area contributed by atoms with Gasteiger partial charge in [0, 0.05) is 44.9 Å². The zero-order chi connectivity index (χ0) is 19.0. The molecule has 1 aromatic rings. The molecule has 0 spiro atoms. The van der Waals surface area contributed by atoms with Crippen molar-refractivity contribution in [2.75, 3.05) is 39.9 Å². The largest absolute Gasteiger partial charge is 0.383 e. The van der Waals surface area contributed by atoms with Gasteiger partial charge in [0.1, 0.15) is 0 Å². The lowest BCUT2D eigenvalue weighted by atomic mass is 10.1. The molecule has 1 aromatic carbocycles. The fraction of sp³-hybridized carbons (Fsp3) is 0.611. The number of carbonyl (C=O) groups excluding carboxylic acids is 1. The van der Waals surface area contributed by atoms with Crippen LogP contribution in [-0.4, -0.2) is 64.6 Å². The van der Waals surface area contributed by atoms with Gasteiger partial charge < -0.3 is 15.4 Å². The van der Waals surface area contributed by atoms with Crippen LogP contribution >= 0.6 is 0 Å². The van der Waals surface area contributed by atoms with Crippen molar-refractivity contribution in [1.82, 2.24) is 14.9 Å². The third kappa shape index (κ3) is 5.51. The van der Waals surface area contributed by atoms with E-state index in [-0.39, 0.29) is 16.8 Å². The highest BCUT2D eigenvalue weighted by Crippen LogP contribution is 2.25. The lowest BCUT2D eigenvalue weighted by Gasteiger charge is -2.32. The van der Waals surface area contributed by atoms with E-state index in [1.165, 1.54) is 12.1 Å². The van der Waals surface area contributed by atoms with Crippen LogP contribution in [0.15, 0.2) is 29.2 Å². The summed E-state index contributed by atoms with van der Waals surface area (Å²) in [6.45, 7) is 5.00. The lowest BCUT2D eigenvalue weighted by Crippen LogP contribution is -2.41. The summed E-state index contributed by atoms with van der Waals surface area (Å²) in [5.74, 6) is -0.214. The molecule has 1 unspecified atom stereocenters. The van der Waals surface area contributed by atoms with Crippen molar-refractivity contribution in [3.63, 3.8) is 0 Å². The number of hydrogen-bond acceptors (Lipinski definition) is 5. The molecule has 1 aliphatic rings. The molecule has 0 aliphatic carbocycles. The predicted octanol–water partition coefficient (Wildman–Crippen LogP) is 1.22. The van der Waals surface area contributed by atoms with Gasteiger partial charge in [-0.3, -0.25) is 4.79 Å². The number of methoxy groups -OCH3 is 1.